The molecular weight excluding hydrogens is 423 g/mol. The van der Waals surface area contributed by atoms with Gasteiger partial charge in [-0.1, -0.05) is 0 Å². The van der Waals surface area contributed by atoms with Gasteiger partial charge in [-0.15, -0.1) is 0 Å². The minimum Gasteiger partial charge on any atom is -0.387 e. The van der Waals surface area contributed by atoms with Crippen molar-refractivity contribution in [3.8, 4) is 0 Å². The number of halogens is 9. The van der Waals surface area contributed by atoms with Crippen molar-refractivity contribution in [1.82, 2.24) is 0 Å². The molecule has 0 bridgehead atoms. The largest absolute Gasteiger partial charge is 0.460 e. The monoisotopic (exact) mass is 440 g/mol. The van der Waals surface area contributed by atoms with Crippen LogP contribution in [0.25, 0.3) is 0 Å². The van der Waals surface area contributed by atoms with Gasteiger partial charge in [-0.3, -0.25) is 0 Å². The van der Waals surface area contributed by atoms with Crippen molar-refractivity contribution in [3.63, 3.8) is 0 Å². The predicted octanol–water partition coefficient (Wildman–Crippen LogP) is 0.438. The van der Waals surface area contributed by atoms with E-state index in [1.54, 1.807) is 0 Å². The molecule has 0 radical (unpaired) electrons. The second-order valence-corrected chi connectivity index (χ2v) is 6.24. The molecule has 0 spiro atoms. The Hall–Kier alpha value is -0.870. The van der Waals surface area contributed by atoms with E-state index < -0.39 is 80.0 Å². The Labute approximate surface area is 151 Å². The van der Waals surface area contributed by atoms with Crippen LogP contribution in [0, 0.1) is 0 Å². The molecule has 1 saturated carbocycles. The molecule has 0 aromatic carbocycles. The molecule has 2 unspecified atom stereocenters. The first-order valence-electron chi connectivity index (χ1n) is 7.62. The molecule has 15 heteroatoms. The highest BCUT2D eigenvalue weighted by Crippen LogP contribution is 2.54. The third-order valence-corrected chi connectivity index (χ3v) is 4.23. The molecule has 5 N–H and O–H groups in total. The van der Waals surface area contributed by atoms with Crippen LogP contribution in [-0.2, 0) is 4.74 Å². The van der Waals surface area contributed by atoms with Gasteiger partial charge >= 0.3 is 23.9 Å². The molecule has 1 rings (SSSR count). The average molecular weight is 440 g/mol. The zero-order valence-corrected chi connectivity index (χ0v) is 13.6. The second kappa shape index (κ2) is 8.10. The van der Waals surface area contributed by atoms with Crippen molar-refractivity contribution in [2.24, 2.45) is 0 Å². The highest BCUT2D eigenvalue weighted by atomic mass is 19.4. The summed E-state index contributed by atoms with van der Waals surface area (Å²) in [7, 11) is 0. The molecule has 0 saturated heterocycles. The van der Waals surface area contributed by atoms with Crippen molar-refractivity contribution in [1.29, 1.82) is 0 Å². The number of aliphatic hydroxyl groups is 5. The van der Waals surface area contributed by atoms with E-state index in [4.69, 9.17) is 0 Å². The predicted molar refractivity (Wildman–Crippen MR) is 69.9 cm³/mol. The summed E-state index contributed by atoms with van der Waals surface area (Å²) in [6.45, 7) is -1.06. The summed E-state index contributed by atoms with van der Waals surface area (Å²) in [5.41, 5.74) is 0. The van der Waals surface area contributed by atoms with Gasteiger partial charge in [0, 0.05) is 13.0 Å². The van der Waals surface area contributed by atoms with E-state index in [0.29, 0.717) is 0 Å². The Balaban J connectivity index is 2.72. The van der Waals surface area contributed by atoms with Crippen molar-refractivity contribution < 1.29 is 69.8 Å². The summed E-state index contributed by atoms with van der Waals surface area (Å²) < 4.78 is 119. The average Bonchev–Trinajstić information content (AvgIpc) is 2.56. The molecule has 1 aliphatic carbocycles. The minimum atomic E-state index is -7.01. The van der Waals surface area contributed by atoms with E-state index in [9.17, 15) is 65.0 Å². The topological polar surface area (TPSA) is 110 Å². The summed E-state index contributed by atoms with van der Waals surface area (Å²) >= 11 is 0. The summed E-state index contributed by atoms with van der Waals surface area (Å²) in [4.78, 5) is 0. The standard InChI is InChI=1S/C13H17F9O6/c14-10(15,11(16,17)12(18,19)13(20,21)22)2-1-3-28-9-7(26)5(24)4(23)6(25)8(9)27/h4-9,23-27H,1-3H2/t4?,5-,6+,7-,8-,9?/m1/s1. The van der Waals surface area contributed by atoms with Crippen LogP contribution in [0.2, 0.25) is 0 Å². The molecule has 1 aliphatic rings. The molecule has 0 aliphatic heterocycles. The fraction of sp³-hybridized carbons (Fsp3) is 1.00. The highest BCUT2D eigenvalue weighted by molar-refractivity contribution is 5.01. The Morgan fingerprint density at radius 1 is 0.607 bits per heavy atom. The molecule has 168 valence electrons. The van der Waals surface area contributed by atoms with Gasteiger partial charge in [-0.25, -0.2) is 0 Å². The summed E-state index contributed by atoms with van der Waals surface area (Å²) in [5.74, 6) is -19.6. The van der Waals surface area contributed by atoms with Gasteiger partial charge in [0.25, 0.3) is 0 Å². The molecule has 0 aromatic heterocycles. The highest BCUT2D eigenvalue weighted by Gasteiger charge is 2.81. The molecule has 1 fully saturated rings. The van der Waals surface area contributed by atoms with Crippen LogP contribution in [0.3, 0.4) is 0 Å². The van der Waals surface area contributed by atoms with Crippen LogP contribution in [-0.4, -0.2) is 92.7 Å². The molecule has 28 heavy (non-hydrogen) atoms. The molecule has 6 atom stereocenters. The summed E-state index contributed by atoms with van der Waals surface area (Å²) in [6, 6.07) is 0. The molecule has 0 amide bonds. The van der Waals surface area contributed by atoms with Crippen molar-refractivity contribution in [2.75, 3.05) is 6.61 Å². The third kappa shape index (κ3) is 4.33. The smallest absolute Gasteiger partial charge is 0.387 e. The van der Waals surface area contributed by atoms with Crippen LogP contribution in [0.15, 0.2) is 0 Å². The summed E-state index contributed by atoms with van der Waals surface area (Å²) in [5, 5.41) is 47.3. The lowest BCUT2D eigenvalue weighted by molar-refractivity contribution is -0.396. The number of hydrogen-bond acceptors (Lipinski definition) is 6. The van der Waals surface area contributed by atoms with Crippen LogP contribution in [0.4, 0.5) is 39.5 Å². The quantitative estimate of drug-likeness (QED) is 0.290. The third-order valence-electron chi connectivity index (χ3n) is 4.23. The fourth-order valence-electron chi connectivity index (χ4n) is 2.47. The van der Waals surface area contributed by atoms with Gasteiger partial charge in [0.1, 0.15) is 36.6 Å². The van der Waals surface area contributed by atoms with Crippen LogP contribution >= 0.6 is 0 Å². The Morgan fingerprint density at radius 3 is 1.39 bits per heavy atom. The second-order valence-electron chi connectivity index (χ2n) is 6.24. The number of ether oxygens (including phenoxy) is 1. The zero-order valence-electron chi connectivity index (χ0n) is 13.6. The van der Waals surface area contributed by atoms with Gasteiger partial charge in [-0.2, -0.15) is 39.5 Å². The van der Waals surface area contributed by atoms with E-state index in [2.05, 4.69) is 4.74 Å². The maximum absolute atomic E-state index is 13.3. The van der Waals surface area contributed by atoms with Gasteiger partial charge in [0.15, 0.2) is 0 Å². The molecule has 0 heterocycles. The van der Waals surface area contributed by atoms with Crippen molar-refractivity contribution in [3.05, 3.63) is 0 Å². The lowest BCUT2D eigenvalue weighted by Gasteiger charge is -2.41. The SMILES string of the molecule is OC1[C@@H](O)[C@@H](O)C(OCCCC(F)(F)C(F)(F)C(F)(F)C(F)(F)F)[C@H](O)[C@H]1O. The lowest BCUT2D eigenvalue weighted by atomic mass is 9.85. The fourth-order valence-corrected chi connectivity index (χ4v) is 2.47. The van der Waals surface area contributed by atoms with Gasteiger partial charge in [0.2, 0.25) is 0 Å². The zero-order chi connectivity index (χ0) is 22.3. The van der Waals surface area contributed by atoms with E-state index in [1.807, 2.05) is 0 Å². The lowest BCUT2D eigenvalue weighted by Crippen LogP contribution is -2.64. The number of aliphatic hydroxyl groups excluding tert-OH is 5. The van der Waals surface area contributed by atoms with Crippen molar-refractivity contribution >= 4 is 0 Å². The first kappa shape index (κ1) is 25.2. The summed E-state index contributed by atoms with van der Waals surface area (Å²) in [6.07, 6.45) is -22.4. The first-order chi connectivity index (χ1) is 12.4. The van der Waals surface area contributed by atoms with Gasteiger partial charge < -0.3 is 30.3 Å². The van der Waals surface area contributed by atoms with Crippen LogP contribution in [0.1, 0.15) is 12.8 Å². The minimum absolute atomic E-state index is 1.06. The normalized spacial score (nSPS) is 33.2. The molecule has 6 nitrogen and oxygen atoms in total. The first-order valence-corrected chi connectivity index (χ1v) is 7.62. The maximum Gasteiger partial charge on any atom is 0.460 e. The van der Waals surface area contributed by atoms with Gasteiger partial charge in [0.05, 0.1) is 0 Å². The van der Waals surface area contributed by atoms with Gasteiger partial charge in [-0.05, 0) is 6.42 Å². The van der Waals surface area contributed by atoms with Crippen LogP contribution < -0.4 is 0 Å². The maximum atomic E-state index is 13.3. The van der Waals surface area contributed by atoms with E-state index >= 15 is 0 Å². The number of hydrogen-bond donors (Lipinski definition) is 5. The van der Waals surface area contributed by atoms with E-state index in [0.717, 1.165) is 0 Å². The molecular formula is C13H17F9O6. The van der Waals surface area contributed by atoms with E-state index in [-0.39, 0.29) is 0 Å². The number of alkyl halides is 9. The van der Waals surface area contributed by atoms with Crippen LogP contribution in [0.5, 0.6) is 0 Å². The van der Waals surface area contributed by atoms with Crippen molar-refractivity contribution in [2.45, 2.75) is 73.4 Å². The Morgan fingerprint density at radius 2 is 1.00 bits per heavy atom. The Kier molecular flexibility index (Phi) is 7.28. The molecule has 0 aromatic rings. The number of rotatable bonds is 7. The van der Waals surface area contributed by atoms with E-state index in [1.165, 1.54) is 0 Å². The Bertz CT molecular complexity index is 513.